The number of hydrogen-bond donors (Lipinski definition) is 1. The van der Waals surface area contributed by atoms with Gasteiger partial charge in [-0.2, -0.15) is 13.2 Å². The molecule has 2 unspecified atom stereocenters. The number of hydrogen-bond acceptors (Lipinski definition) is 7. The first-order valence-corrected chi connectivity index (χ1v) is 14.0. The lowest BCUT2D eigenvalue weighted by molar-refractivity contribution is -0.140. The molecule has 236 valence electrons. The lowest BCUT2D eigenvalue weighted by Gasteiger charge is -2.16. The summed E-state index contributed by atoms with van der Waals surface area (Å²) in [6, 6.07) is 5.65. The van der Waals surface area contributed by atoms with Gasteiger partial charge in [0, 0.05) is 24.2 Å². The van der Waals surface area contributed by atoms with E-state index in [2.05, 4.69) is 24.9 Å². The van der Waals surface area contributed by atoms with Gasteiger partial charge >= 0.3 is 6.18 Å². The van der Waals surface area contributed by atoms with E-state index in [0.29, 0.717) is 27.0 Å². The number of imidazole rings is 2. The number of halogens is 6. The highest BCUT2D eigenvalue weighted by atomic mass is 19.4. The van der Waals surface area contributed by atoms with Gasteiger partial charge in [0.1, 0.15) is 23.2 Å². The molecule has 45 heavy (non-hydrogen) atoms. The Morgan fingerprint density at radius 1 is 1.02 bits per heavy atom. The Labute approximate surface area is 251 Å². The zero-order valence-electron chi connectivity index (χ0n) is 24.2. The number of nitrogens with zero attached hydrogens (tertiary/aromatic N) is 8. The molecule has 2 atom stereocenters. The fourth-order valence-electron chi connectivity index (χ4n) is 5.39. The molecule has 4 heterocycles. The first-order valence-electron chi connectivity index (χ1n) is 14.0. The molecule has 4 aromatic heterocycles. The number of rotatable bonds is 9. The third kappa shape index (κ3) is 5.31. The molecule has 1 aliphatic carbocycles. The van der Waals surface area contributed by atoms with Gasteiger partial charge in [0.2, 0.25) is 17.8 Å². The van der Waals surface area contributed by atoms with Crippen LogP contribution in [-0.2, 0) is 12.7 Å². The summed E-state index contributed by atoms with van der Waals surface area (Å²) in [6.07, 6.45) is -5.61. The first kappa shape index (κ1) is 30.3. The second kappa shape index (κ2) is 11.3. The van der Waals surface area contributed by atoms with Crippen LogP contribution in [0.4, 0.5) is 26.3 Å². The number of nitrogens with one attached hydrogen (secondary N) is 1. The smallest absolute Gasteiger partial charge is 0.434 e. The molecule has 1 aliphatic rings. The SMILES string of the molecule is CCn1cc(C(F)(F)F)nc1-c1ccc(C(C)n2c(=N)n(C(F)C(F)F)c3cnc(-c4c(OC)ncnc4C4CC4)nc32)cc1. The predicted octanol–water partition coefficient (Wildman–Crippen LogP) is 6.30. The Morgan fingerprint density at radius 2 is 1.73 bits per heavy atom. The van der Waals surface area contributed by atoms with Gasteiger partial charge < -0.3 is 9.30 Å². The zero-order valence-corrected chi connectivity index (χ0v) is 24.2. The second-order valence-corrected chi connectivity index (χ2v) is 10.6. The summed E-state index contributed by atoms with van der Waals surface area (Å²) in [6.45, 7) is 3.62. The van der Waals surface area contributed by atoms with Crippen LogP contribution in [0.15, 0.2) is 43.0 Å². The molecule has 1 saturated carbocycles. The highest BCUT2D eigenvalue weighted by Gasteiger charge is 2.35. The molecule has 1 N–H and O–H groups in total. The van der Waals surface area contributed by atoms with Crippen molar-refractivity contribution in [1.82, 2.24) is 38.6 Å². The number of aryl methyl sites for hydroxylation is 1. The topological polar surface area (TPSA) is 112 Å². The van der Waals surface area contributed by atoms with Crippen molar-refractivity contribution in [3.63, 3.8) is 0 Å². The number of aromatic nitrogens is 8. The van der Waals surface area contributed by atoms with E-state index in [1.54, 1.807) is 38.1 Å². The number of fused-ring (bicyclic) bond motifs is 1. The maximum absolute atomic E-state index is 14.9. The molecule has 1 fully saturated rings. The second-order valence-electron chi connectivity index (χ2n) is 10.6. The van der Waals surface area contributed by atoms with Crippen LogP contribution in [0.1, 0.15) is 61.9 Å². The minimum absolute atomic E-state index is 0.00822. The van der Waals surface area contributed by atoms with Crippen LogP contribution in [-0.4, -0.2) is 52.2 Å². The van der Waals surface area contributed by atoms with Crippen LogP contribution in [0.3, 0.4) is 0 Å². The van der Waals surface area contributed by atoms with E-state index < -0.39 is 36.3 Å². The zero-order chi connectivity index (χ0) is 32.2. The van der Waals surface area contributed by atoms with E-state index in [-0.39, 0.29) is 41.2 Å². The van der Waals surface area contributed by atoms with Gasteiger partial charge in [-0.3, -0.25) is 14.5 Å². The summed E-state index contributed by atoms with van der Waals surface area (Å²) in [5.74, 6) is 0.591. The Hall–Kier alpha value is -4.76. The summed E-state index contributed by atoms with van der Waals surface area (Å²) in [4.78, 5) is 21.3. The Bertz CT molecular complexity index is 1930. The molecular weight excluding hydrogens is 604 g/mol. The summed E-state index contributed by atoms with van der Waals surface area (Å²) in [5.41, 5.74) is 0.322. The molecular formula is C29H27F6N9O. The van der Waals surface area contributed by atoms with Crippen LogP contribution in [0, 0.1) is 5.41 Å². The molecule has 10 nitrogen and oxygen atoms in total. The molecule has 5 aromatic rings. The van der Waals surface area contributed by atoms with E-state index in [1.807, 2.05) is 0 Å². The van der Waals surface area contributed by atoms with Crippen LogP contribution < -0.4 is 10.4 Å². The van der Waals surface area contributed by atoms with Gasteiger partial charge in [-0.05, 0) is 32.3 Å². The largest absolute Gasteiger partial charge is 0.480 e. The van der Waals surface area contributed by atoms with Crippen LogP contribution in [0.25, 0.3) is 33.9 Å². The summed E-state index contributed by atoms with van der Waals surface area (Å²) in [5, 5.41) is 8.76. The van der Waals surface area contributed by atoms with E-state index in [1.165, 1.54) is 28.8 Å². The highest BCUT2D eigenvalue weighted by Crippen LogP contribution is 2.45. The minimum Gasteiger partial charge on any atom is -0.480 e. The maximum Gasteiger partial charge on any atom is 0.434 e. The van der Waals surface area contributed by atoms with Crippen molar-refractivity contribution in [2.24, 2.45) is 0 Å². The molecule has 0 saturated heterocycles. The fourth-order valence-corrected chi connectivity index (χ4v) is 5.39. The van der Waals surface area contributed by atoms with Gasteiger partial charge in [-0.15, -0.1) is 0 Å². The van der Waals surface area contributed by atoms with Gasteiger partial charge in [0.15, 0.2) is 17.2 Å². The van der Waals surface area contributed by atoms with Crippen molar-refractivity contribution in [2.45, 2.75) is 64.1 Å². The van der Waals surface area contributed by atoms with Crippen molar-refractivity contribution in [3.05, 3.63) is 65.6 Å². The quantitative estimate of drug-likeness (QED) is 0.191. The highest BCUT2D eigenvalue weighted by molar-refractivity contribution is 5.76. The first-order chi connectivity index (χ1) is 21.4. The maximum atomic E-state index is 14.9. The number of methoxy groups -OCH3 is 1. The lowest BCUT2D eigenvalue weighted by Crippen LogP contribution is -2.30. The van der Waals surface area contributed by atoms with Crippen LogP contribution in [0.2, 0.25) is 0 Å². The molecule has 0 radical (unpaired) electrons. The summed E-state index contributed by atoms with van der Waals surface area (Å²) in [7, 11) is 1.43. The third-order valence-corrected chi connectivity index (χ3v) is 7.82. The molecule has 16 heteroatoms. The van der Waals surface area contributed by atoms with Gasteiger partial charge in [0.25, 0.3) is 6.43 Å². The van der Waals surface area contributed by atoms with Crippen molar-refractivity contribution in [3.8, 4) is 28.7 Å². The van der Waals surface area contributed by atoms with Crippen LogP contribution in [0.5, 0.6) is 5.88 Å². The van der Waals surface area contributed by atoms with Crippen LogP contribution >= 0.6 is 0 Å². The summed E-state index contributed by atoms with van der Waals surface area (Å²) < 4.78 is 90.8. The number of alkyl halides is 6. The average Bonchev–Trinajstić information content (AvgIpc) is 3.70. The van der Waals surface area contributed by atoms with E-state index in [0.717, 1.165) is 19.0 Å². The average molecular weight is 632 g/mol. The Balaban J connectivity index is 1.48. The molecule has 6 rings (SSSR count). The van der Waals surface area contributed by atoms with E-state index >= 15 is 0 Å². The summed E-state index contributed by atoms with van der Waals surface area (Å²) >= 11 is 0. The van der Waals surface area contributed by atoms with Crippen molar-refractivity contribution >= 4 is 11.2 Å². The fraction of sp³-hybridized carbons (Fsp3) is 0.379. The molecule has 0 amide bonds. The molecule has 1 aromatic carbocycles. The van der Waals surface area contributed by atoms with Crippen molar-refractivity contribution in [2.75, 3.05) is 7.11 Å². The van der Waals surface area contributed by atoms with Crippen molar-refractivity contribution in [1.29, 1.82) is 5.41 Å². The molecule has 0 aliphatic heterocycles. The standard InChI is InChI=1S/C29H27F6N9O/c1-4-42-12-19(29(33,34)35)40-25(42)17-9-5-15(6-10-17)14(2)43-26-18(44(28(43)36)23(32)22(30)31)11-37-24(41-26)20-21(16-7-8-16)38-13-39-27(20)45-3/h5-6,9-14,16,22-23,36H,4,7-8H2,1-3H3. The Morgan fingerprint density at radius 3 is 2.33 bits per heavy atom. The van der Waals surface area contributed by atoms with Gasteiger partial charge in [-0.1, -0.05) is 24.3 Å². The predicted molar refractivity (Wildman–Crippen MR) is 149 cm³/mol. The van der Waals surface area contributed by atoms with Gasteiger partial charge in [-0.25, -0.2) is 38.1 Å². The minimum atomic E-state index is -4.61. The van der Waals surface area contributed by atoms with Crippen molar-refractivity contribution < 1.29 is 31.1 Å². The molecule has 0 bridgehead atoms. The molecule has 0 spiro atoms. The third-order valence-electron chi connectivity index (χ3n) is 7.82. The number of benzene rings is 1. The normalized spacial score (nSPS) is 15.2. The Kier molecular flexibility index (Phi) is 7.61. The number of ether oxygens (including phenoxy) is 1. The monoisotopic (exact) mass is 631 g/mol. The van der Waals surface area contributed by atoms with E-state index in [4.69, 9.17) is 10.1 Å². The lowest BCUT2D eigenvalue weighted by atomic mass is 10.1. The van der Waals surface area contributed by atoms with Gasteiger partial charge in [0.05, 0.1) is 25.0 Å². The van der Waals surface area contributed by atoms with E-state index in [9.17, 15) is 26.3 Å².